The number of benzene rings is 2. The zero-order valence-electron chi connectivity index (χ0n) is 18.4. The molecule has 0 radical (unpaired) electrons. The summed E-state index contributed by atoms with van der Waals surface area (Å²) in [6.07, 6.45) is -2.71. The summed E-state index contributed by atoms with van der Waals surface area (Å²) in [7, 11) is 0. The van der Waals surface area contributed by atoms with Crippen LogP contribution < -0.4 is 16.0 Å². The molecule has 178 valence electrons. The van der Waals surface area contributed by atoms with E-state index in [0.29, 0.717) is 12.0 Å². The Morgan fingerprint density at radius 1 is 1.09 bits per heavy atom. The number of aromatic hydroxyl groups is 1. The van der Waals surface area contributed by atoms with Gasteiger partial charge in [0, 0.05) is 33.2 Å². The van der Waals surface area contributed by atoms with Crippen molar-refractivity contribution < 1.29 is 18.7 Å². The predicted octanol–water partition coefficient (Wildman–Crippen LogP) is 4.47. The first-order valence-corrected chi connectivity index (χ1v) is 13.2. The van der Waals surface area contributed by atoms with Gasteiger partial charge in [-0.3, -0.25) is 15.4 Å². The maximum atomic E-state index is 13.8. The summed E-state index contributed by atoms with van der Waals surface area (Å²) in [5, 5.41) is 21.7. The van der Waals surface area contributed by atoms with Gasteiger partial charge in [-0.1, -0.05) is 30.3 Å². The van der Waals surface area contributed by atoms with Gasteiger partial charge in [0.05, 0.1) is 11.4 Å². The monoisotopic (exact) mass is 501 g/mol. The molecule has 7 unspecified atom stereocenters. The summed E-state index contributed by atoms with van der Waals surface area (Å²) in [4.78, 5) is 15.5. The molecule has 1 aromatic heterocycles. The maximum absolute atomic E-state index is 13.8. The Kier molecular flexibility index (Phi) is 5.55. The van der Waals surface area contributed by atoms with Crippen LogP contribution in [0.5, 0.6) is 5.75 Å². The van der Waals surface area contributed by atoms with Crippen LogP contribution in [0.3, 0.4) is 0 Å². The average molecular weight is 502 g/mol. The zero-order chi connectivity index (χ0) is 23.6. The number of fused-ring (bicyclic) bond motifs is 4. The van der Waals surface area contributed by atoms with Crippen molar-refractivity contribution in [3.63, 3.8) is 0 Å². The van der Waals surface area contributed by atoms with Crippen molar-refractivity contribution in [3.8, 4) is 5.75 Å². The fourth-order valence-electron chi connectivity index (χ4n) is 5.80. The Hall–Kier alpha value is -2.20. The molecule has 3 saturated heterocycles. The van der Waals surface area contributed by atoms with Crippen LogP contribution in [0.2, 0.25) is 0 Å². The maximum Gasteiger partial charge on any atom is 0.253 e. The lowest BCUT2D eigenvalue weighted by Crippen LogP contribution is -2.61. The second-order valence-corrected chi connectivity index (χ2v) is 11.9. The molecule has 3 aromatic rings. The lowest BCUT2D eigenvalue weighted by Gasteiger charge is -2.43. The number of carbonyl (C=O) groups is 1. The summed E-state index contributed by atoms with van der Waals surface area (Å²) in [6.45, 7) is 2.02. The van der Waals surface area contributed by atoms with Crippen LogP contribution in [-0.4, -0.2) is 40.1 Å². The highest BCUT2D eigenvalue weighted by atomic mass is 32.2. The van der Waals surface area contributed by atoms with E-state index in [-0.39, 0.29) is 34.9 Å². The van der Waals surface area contributed by atoms with Crippen LogP contribution in [0.15, 0.2) is 48.5 Å². The fourth-order valence-corrected chi connectivity index (χ4v) is 8.58. The molecule has 3 aliphatic heterocycles. The molecule has 7 atom stereocenters. The summed E-state index contributed by atoms with van der Waals surface area (Å²) in [5.74, 6) is -0.126. The molecule has 2 aromatic carbocycles. The minimum absolute atomic E-state index is 0.0336. The topological polar surface area (TPSA) is 73.4 Å². The van der Waals surface area contributed by atoms with E-state index in [0.717, 1.165) is 20.5 Å². The van der Waals surface area contributed by atoms with E-state index in [1.165, 1.54) is 11.8 Å². The van der Waals surface area contributed by atoms with Crippen molar-refractivity contribution >= 4 is 39.8 Å². The third-order valence-electron chi connectivity index (χ3n) is 7.31. The molecule has 0 bridgehead atoms. The van der Waals surface area contributed by atoms with Crippen molar-refractivity contribution in [2.75, 3.05) is 0 Å². The van der Waals surface area contributed by atoms with Crippen LogP contribution >= 0.6 is 23.1 Å². The van der Waals surface area contributed by atoms with Gasteiger partial charge in [-0.2, -0.15) is 0 Å². The Labute approximate surface area is 204 Å². The van der Waals surface area contributed by atoms with Crippen LogP contribution in [-0.2, 0) is 4.79 Å². The van der Waals surface area contributed by atoms with Gasteiger partial charge >= 0.3 is 0 Å². The van der Waals surface area contributed by atoms with Gasteiger partial charge in [-0.05, 0) is 42.3 Å². The summed E-state index contributed by atoms with van der Waals surface area (Å²) >= 11 is 3.09. The van der Waals surface area contributed by atoms with Crippen LogP contribution in [0.1, 0.15) is 33.8 Å². The van der Waals surface area contributed by atoms with Gasteiger partial charge in [0.1, 0.15) is 17.2 Å². The first-order chi connectivity index (χ1) is 16.4. The molecule has 6 rings (SSSR count). The molecule has 5 nitrogen and oxygen atoms in total. The normalized spacial score (nSPS) is 33.1. The van der Waals surface area contributed by atoms with Crippen molar-refractivity contribution in [2.24, 2.45) is 5.92 Å². The number of hydrogen-bond acceptors (Lipinski definition) is 6. The largest absolute Gasteiger partial charge is 0.508 e. The van der Waals surface area contributed by atoms with Gasteiger partial charge in [0.25, 0.3) is 6.43 Å². The Balaban J connectivity index is 1.39. The number of piperidine rings is 1. The van der Waals surface area contributed by atoms with Crippen molar-refractivity contribution in [3.05, 3.63) is 63.8 Å². The number of alkyl halides is 2. The number of phenols is 1. The lowest BCUT2D eigenvalue weighted by atomic mass is 9.76. The number of thioether (sulfide) groups is 1. The van der Waals surface area contributed by atoms with Crippen molar-refractivity contribution in [1.82, 2.24) is 16.0 Å². The van der Waals surface area contributed by atoms with E-state index in [4.69, 9.17) is 0 Å². The van der Waals surface area contributed by atoms with Crippen LogP contribution in [0.4, 0.5) is 8.78 Å². The third-order valence-corrected chi connectivity index (χ3v) is 9.98. The van der Waals surface area contributed by atoms with E-state index in [1.807, 2.05) is 49.4 Å². The molecular formula is C25H25F2N3O2S2. The Bertz CT molecular complexity index is 1250. The average Bonchev–Trinajstić information content (AvgIpc) is 3.42. The zero-order valence-corrected chi connectivity index (χ0v) is 20.0. The van der Waals surface area contributed by atoms with Crippen LogP contribution in [0, 0.1) is 12.8 Å². The van der Waals surface area contributed by atoms with E-state index in [2.05, 4.69) is 16.0 Å². The number of nitrogens with one attached hydrogen (secondary N) is 3. The van der Waals surface area contributed by atoms with Crippen molar-refractivity contribution in [1.29, 1.82) is 0 Å². The highest BCUT2D eigenvalue weighted by molar-refractivity contribution is 8.01. The first kappa shape index (κ1) is 22.3. The van der Waals surface area contributed by atoms with Crippen molar-refractivity contribution in [2.45, 2.75) is 54.6 Å². The fraction of sp³-hybridized carbons (Fsp3) is 0.400. The van der Waals surface area contributed by atoms with Gasteiger partial charge < -0.3 is 10.4 Å². The molecular weight excluding hydrogens is 476 g/mol. The quantitative estimate of drug-likeness (QED) is 0.426. The number of aryl methyl sites for hydroxylation is 1. The second kappa shape index (κ2) is 8.48. The Morgan fingerprint density at radius 3 is 2.68 bits per heavy atom. The molecule has 34 heavy (non-hydrogen) atoms. The smallest absolute Gasteiger partial charge is 0.253 e. The molecule has 9 heteroatoms. The highest BCUT2D eigenvalue weighted by Gasteiger charge is 2.57. The number of phenolic OH excluding ortho intramolecular Hbond substituents is 1. The van der Waals surface area contributed by atoms with Gasteiger partial charge in [-0.25, -0.2) is 8.78 Å². The molecule has 0 saturated carbocycles. The van der Waals surface area contributed by atoms with Gasteiger partial charge in [0.15, 0.2) is 0 Å². The third kappa shape index (κ3) is 3.61. The summed E-state index contributed by atoms with van der Waals surface area (Å²) < 4.78 is 27.6. The molecule has 0 aliphatic carbocycles. The molecule has 1 amide bonds. The number of hydrogen-bond donors (Lipinski definition) is 4. The van der Waals surface area contributed by atoms with Gasteiger partial charge in [-0.15, -0.1) is 23.1 Å². The summed E-state index contributed by atoms with van der Waals surface area (Å²) in [6, 6.07) is 14.2. The molecule has 3 aliphatic rings. The van der Waals surface area contributed by atoms with E-state index < -0.39 is 23.9 Å². The lowest BCUT2D eigenvalue weighted by molar-refractivity contribution is -0.124. The number of rotatable bonds is 3. The first-order valence-electron chi connectivity index (χ1n) is 11.4. The molecule has 0 spiro atoms. The van der Waals surface area contributed by atoms with E-state index in [9.17, 15) is 18.7 Å². The Morgan fingerprint density at radius 2 is 1.91 bits per heavy atom. The molecule has 3 fully saturated rings. The van der Waals surface area contributed by atoms with E-state index in [1.54, 1.807) is 17.4 Å². The number of halogens is 2. The predicted molar refractivity (Wildman–Crippen MR) is 131 cm³/mol. The molecule has 4 heterocycles. The number of carbonyl (C=O) groups excluding carboxylic acids is 1. The standard InChI is InChI=1S/C25H25F2N3O2S2/c1-11-6-9-17(33-11)14-10-15(22(26)27)28-25-19(14)20-21(34-25)24(32)30-23(29-20)18-13-5-3-2-4-12(13)7-8-16(18)31/h2-9,14-15,19-23,25,28-29,31H,10H2,1H3,(H,30,32). The number of amides is 1. The van der Waals surface area contributed by atoms with E-state index >= 15 is 0 Å². The highest BCUT2D eigenvalue weighted by Crippen LogP contribution is 2.52. The van der Waals surface area contributed by atoms with Gasteiger partial charge in [0.2, 0.25) is 5.91 Å². The second-order valence-electron chi connectivity index (χ2n) is 9.31. The van der Waals surface area contributed by atoms with Crippen LogP contribution in [0.25, 0.3) is 10.8 Å². The minimum Gasteiger partial charge on any atom is -0.508 e. The summed E-state index contributed by atoms with van der Waals surface area (Å²) in [5.41, 5.74) is 0.635. The number of thiophene rings is 1. The molecule has 4 N–H and O–H groups in total. The minimum atomic E-state index is -2.46. The SMILES string of the molecule is Cc1ccc(C2CC(C(F)F)NC3SC4C(=O)NC(c5c(O)ccc6ccccc56)NC4C32)s1.